The molecule has 1 heterocycles. The Morgan fingerprint density at radius 3 is 2.93 bits per heavy atom. The smallest absolute Gasteiger partial charge is 0.305 e. The van der Waals surface area contributed by atoms with Crippen LogP contribution in [0.25, 0.3) is 0 Å². The van der Waals surface area contributed by atoms with Crippen molar-refractivity contribution in [3.8, 4) is 0 Å². The van der Waals surface area contributed by atoms with Gasteiger partial charge in [0.25, 0.3) is 0 Å². The van der Waals surface area contributed by atoms with Crippen LogP contribution in [0, 0.1) is 5.92 Å². The third-order valence-electron chi connectivity index (χ3n) is 2.68. The molecule has 0 saturated carbocycles. The molecule has 1 N–H and O–H groups in total. The number of ether oxygens (including phenoxy) is 1. The second-order valence-corrected chi connectivity index (χ2v) is 4.86. The molecule has 1 saturated heterocycles. The largest absolute Gasteiger partial charge is 0.469 e. The molecular weight excluding hydrogens is 200 g/mol. The Morgan fingerprint density at radius 2 is 2.21 bits per heavy atom. The lowest BCUT2D eigenvalue weighted by Gasteiger charge is -2.18. The Kier molecular flexibility index (Phi) is 5.33. The van der Waals surface area contributed by atoms with Crippen molar-refractivity contribution in [1.29, 1.82) is 0 Å². The van der Waals surface area contributed by atoms with Crippen molar-refractivity contribution in [2.45, 2.75) is 31.8 Å². The number of esters is 1. The van der Waals surface area contributed by atoms with Crippen LogP contribution in [0.5, 0.6) is 0 Å². The van der Waals surface area contributed by atoms with Crippen LogP contribution in [-0.2, 0) is 9.53 Å². The van der Waals surface area contributed by atoms with Gasteiger partial charge in [-0.05, 0) is 36.7 Å². The molecule has 2 atom stereocenters. The summed E-state index contributed by atoms with van der Waals surface area (Å²) in [5, 5.41) is 9.77. The summed E-state index contributed by atoms with van der Waals surface area (Å²) in [5.74, 6) is 2.25. The fourth-order valence-corrected chi connectivity index (χ4v) is 2.79. The SMILES string of the molecule is COC(=O)CCC1CCSCCC1O. The first-order chi connectivity index (χ1) is 6.74. The third-order valence-corrected chi connectivity index (χ3v) is 3.73. The van der Waals surface area contributed by atoms with E-state index >= 15 is 0 Å². The number of aliphatic hydroxyl groups excluding tert-OH is 1. The minimum atomic E-state index is -0.227. The first kappa shape index (κ1) is 11.9. The Morgan fingerprint density at radius 1 is 1.50 bits per heavy atom. The van der Waals surface area contributed by atoms with Crippen LogP contribution in [0.3, 0.4) is 0 Å². The van der Waals surface area contributed by atoms with Gasteiger partial charge in [-0.1, -0.05) is 0 Å². The zero-order chi connectivity index (χ0) is 10.4. The third kappa shape index (κ3) is 3.88. The number of aliphatic hydroxyl groups is 1. The van der Waals surface area contributed by atoms with Gasteiger partial charge in [0.1, 0.15) is 0 Å². The lowest BCUT2D eigenvalue weighted by molar-refractivity contribution is -0.141. The summed E-state index contributed by atoms with van der Waals surface area (Å²) in [6.45, 7) is 0. The minimum absolute atomic E-state index is 0.172. The van der Waals surface area contributed by atoms with Crippen molar-refractivity contribution in [3.63, 3.8) is 0 Å². The van der Waals surface area contributed by atoms with Gasteiger partial charge in [-0.25, -0.2) is 0 Å². The molecule has 0 bridgehead atoms. The van der Waals surface area contributed by atoms with Gasteiger partial charge in [0, 0.05) is 6.42 Å². The van der Waals surface area contributed by atoms with Crippen molar-refractivity contribution >= 4 is 17.7 Å². The highest BCUT2D eigenvalue weighted by atomic mass is 32.2. The fraction of sp³-hybridized carbons (Fsp3) is 0.900. The van der Waals surface area contributed by atoms with Gasteiger partial charge in [-0.3, -0.25) is 4.79 Å². The molecule has 82 valence electrons. The molecule has 0 aromatic heterocycles. The molecule has 0 aliphatic carbocycles. The van der Waals surface area contributed by atoms with E-state index in [0.717, 1.165) is 30.8 Å². The van der Waals surface area contributed by atoms with E-state index in [4.69, 9.17) is 0 Å². The molecule has 0 amide bonds. The van der Waals surface area contributed by atoms with Crippen LogP contribution < -0.4 is 0 Å². The Hall–Kier alpha value is -0.220. The van der Waals surface area contributed by atoms with E-state index in [-0.39, 0.29) is 18.0 Å². The minimum Gasteiger partial charge on any atom is -0.469 e. The zero-order valence-corrected chi connectivity index (χ0v) is 9.39. The monoisotopic (exact) mass is 218 g/mol. The summed E-state index contributed by atoms with van der Waals surface area (Å²) >= 11 is 1.89. The van der Waals surface area contributed by atoms with Gasteiger partial charge in [0.05, 0.1) is 13.2 Å². The van der Waals surface area contributed by atoms with Crippen molar-refractivity contribution in [1.82, 2.24) is 0 Å². The van der Waals surface area contributed by atoms with E-state index in [1.807, 2.05) is 11.8 Å². The molecule has 3 nitrogen and oxygen atoms in total. The van der Waals surface area contributed by atoms with E-state index in [2.05, 4.69) is 4.74 Å². The van der Waals surface area contributed by atoms with E-state index in [1.165, 1.54) is 7.11 Å². The summed E-state index contributed by atoms with van der Waals surface area (Å²) in [4.78, 5) is 10.9. The maximum atomic E-state index is 10.9. The number of carbonyl (C=O) groups is 1. The lowest BCUT2D eigenvalue weighted by atomic mass is 9.93. The maximum absolute atomic E-state index is 10.9. The Labute approximate surface area is 89.2 Å². The molecule has 14 heavy (non-hydrogen) atoms. The lowest BCUT2D eigenvalue weighted by Crippen LogP contribution is -2.21. The number of hydrogen-bond donors (Lipinski definition) is 1. The van der Waals surface area contributed by atoms with Gasteiger partial charge in [-0.15, -0.1) is 0 Å². The van der Waals surface area contributed by atoms with Gasteiger partial charge in [0.2, 0.25) is 0 Å². The summed E-state index contributed by atoms with van der Waals surface area (Å²) < 4.78 is 4.58. The van der Waals surface area contributed by atoms with Crippen molar-refractivity contribution in [2.24, 2.45) is 5.92 Å². The standard InChI is InChI=1S/C10H18O3S/c1-13-10(12)3-2-8-4-6-14-7-5-9(8)11/h8-9,11H,2-7H2,1H3. The predicted molar refractivity (Wildman–Crippen MR) is 57.3 cm³/mol. The van der Waals surface area contributed by atoms with Crippen molar-refractivity contribution in [2.75, 3.05) is 18.6 Å². The molecule has 4 heteroatoms. The number of methoxy groups -OCH3 is 1. The number of rotatable bonds is 3. The molecule has 1 aliphatic heterocycles. The normalized spacial score (nSPS) is 28.1. The first-order valence-corrected chi connectivity index (χ1v) is 6.22. The van der Waals surface area contributed by atoms with Crippen LogP contribution in [0.4, 0.5) is 0 Å². The van der Waals surface area contributed by atoms with E-state index < -0.39 is 0 Å². The van der Waals surface area contributed by atoms with Crippen LogP contribution in [-0.4, -0.2) is 35.8 Å². The second kappa shape index (κ2) is 6.30. The predicted octanol–water partition coefficient (Wildman–Crippen LogP) is 1.44. The number of carbonyl (C=O) groups excluding carboxylic acids is 1. The average Bonchev–Trinajstić information content (AvgIpc) is 2.39. The summed E-state index contributed by atoms with van der Waals surface area (Å²) in [6.07, 6.45) is 2.84. The quantitative estimate of drug-likeness (QED) is 0.728. The molecule has 1 fully saturated rings. The highest BCUT2D eigenvalue weighted by Gasteiger charge is 2.22. The molecule has 0 spiro atoms. The molecule has 1 rings (SSSR count). The summed E-state index contributed by atoms with van der Waals surface area (Å²) in [5.41, 5.74) is 0. The highest BCUT2D eigenvalue weighted by molar-refractivity contribution is 7.99. The number of thioether (sulfide) groups is 1. The average molecular weight is 218 g/mol. The van der Waals surface area contributed by atoms with Crippen LogP contribution in [0.1, 0.15) is 25.7 Å². The molecule has 2 unspecified atom stereocenters. The summed E-state index contributed by atoms with van der Waals surface area (Å²) in [6, 6.07) is 0. The molecule has 0 aromatic carbocycles. The topological polar surface area (TPSA) is 46.5 Å². The number of hydrogen-bond acceptors (Lipinski definition) is 4. The molecule has 0 aromatic rings. The first-order valence-electron chi connectivity index (χ1n) is 5.06. The fourth-order valence-electron chi connectivity index (χ4n) is 1.71. The summed E-state index contributed by atoms with van der Waals surface area (Å²) in [7, 11) is 1.40. The van der Waals surface area contributed by atoms with Crippen LogP contribution in [0.2, 0.25) is 0 Å². The molecular formula is C10H18O3S. The second-order valence-electron chi connectivity index (χ2n) is 3.63. The van der Waals surface area contributed by atoms with E-state index in [9.17, 15) is 9.90 Å². The Bertz CT molecular complexity index is 184. The molecule has 0 radical (unpaired) electrons. The zero-order valence-electron chi connectivity index (χ0n) is 8.57. The molecule has 1 aliphatic rings. The van der Waals surface area contributed by atoms with E-state index in [1.54, 1.807) is 0 Å². The van der Waals surface area contributed by atoms with Crippen molar-refractivity contribution in [3.05, 3.63) is 0 Å². The van der Waals surface area contributed by atoms with Gasteiger partial charge < -0.3 is 9.84 Å². The van der Waals surface area contributed by atoms with Gasteiger partial charge in [-0.2, -0.15) is 11.8 Å². The van der Waals surface area contributed by atoms with E-state index in [0.29, 0.717) is 6.42 Å². The maximum Gasteiger partial charge on any atom is 0.305 e. The Balaban J connectivity index is 2.29. The van der Waals surface area contributed by atoms with Crippen LogP contribution in [0.15, 0.2) is 0 Å². The highest BCUT2D eigenvalue weighted by Crippen LogP contribution is 2.26. The van der Waals surface area contributed by atoms with Crippen LogP contribution >= 0.6 is 11.8 Å². The van der Waals surface area contributed by atoms with Gasteiger partial charge in [0.15, 0.2) is 0 Å². The van der Waals surface area contributed by atoms with Gasteiger partial charge >= 0.3 is 5.97 Å². The van der Waals surface area contributed by atoms with Crippen molar-refractivity contribution < 1.29 is 14.6 Å².